The third kappa shape index (κ3) is 3.34. The van der Waals surface area contributed by atoms with Gasteiger partial charge in [-0.2, -0.15) is 5.10 Å². The summed E-state index contributed by atoms with van der Waals surface area (Å²) in [6, 6.07) is 6.25. The molecule has 20 heavy (non-hydrogen) atoms. The van der Waals surface area contributed by atoms with Crippen LogP contribution in [0.4, 0.5) is 0 Å². The third-order valence-electron chi connectivity index (χ3n) is 2.30. The fourth-order valence-electron chi connectivity index (χ4n) is 1.33. The van der Waals surface area contributed by atoms with E-state index in [1.165, 1.54) is 12.1 Å². The first-order chi connectivity index (χ1) is 9.47. The largest absolute Gasteiger partial charge is 0.477 e. The Bertz CT molecular complexity index is 689. The number of carboxylic acids is 1. The highest BCUT2D eigenvalue weighted by Crippen LogP contribution is 2.17. The quantitative estimate of drug-likeness (QED) is 0.650. The molecular weight excluding hydrogens is 348 g/mol. The van der Waals surface area contributed by atoms with E-state index in [0.29, 0.717) is 15.3 Å². The smallest absolute Gasteiger partial charge is 0.345 e. The molecule has 104 valence electrons. The van der Waals surface area contributed by atoms with Crippen LogP contribution in [0.25, 0.3) is 0 Å². The second kappa shape index (κ2) is 6.02. The van der Waals surface area contributed by atoms with E-state index in [0.717, 1.165) is 11.3 Å². The standard InChI is InChI=1S/C12H9BrN2O4S/c1-6(8-3-4-9(20-8)12(17)18)14-15-11(16)7-2-5-10(13)19-7/h2-5H,1H3,(H,15,16)(H,17,18)/b14-6-. The molecule has 0 atom stereocenters. The second-order valence-corrected chi connectivity index (χ2v) is 5.58. The summed E-state index contributed by atoms with van der Waals surface area (Å²) in [6.45, 7) is 1.68. The van der Waals surface area contributed by atoms with Gasteiger partial charge in [-0.15, -0.1) is 11.3 Å². The minimum Gasteiger partial charge on any atom is -0.477 e. The zero-order valence-electron chi connectivity index (χ0n) is 10.2. The number of halogens is 1. The predicted molar refractivity (Wildman–Crippen MR) is 77.4 cm³/mol. The van der Waals surface area contributed by atoms with Gasteiger partial charge in [-0.25, -0.2) is 10.2 Å². The Hall–Kier alpha value is -1.93. The van der Waals surface area contributed by atoms with E-state index in [2.05, 4.69) is 26.5 Å². The number of hydrazone groups is 1. The van der Waals surface area contributed by atoms with Crippen LogP contribution in [0.5, 0.6) is 0 Å². The van der Waals surface area contributed by atoms with Gasteiger partial charge in [0.2, 0.25) is 0 Å². The topological polar surface area (TPSA) is 91.9 Å². The number of carboxylic acid groups (broad SMARTS) is 1. The van der Waals surface area contributed by atoms with Gasteiger partial charge < -0.3 is 9.52 Å². The zero-order valence-corrected chi connectivity index (χ0v) is 12.6. The lowest BCUT2D eigenvalue weighted by atomic mass is 10.3. The third-order valence-corrected chi connectivity index (χ3v) is 3.90. The van der Waals surface area contributed by atoms with E-state index in [9.17, 15) is 9.59 Å². The summed E-state index contributed by atoms with van der Waals surface area (Å²) in [5, 5.41) is 12.7. The Kier molecular flexibility index (Phi) is 4.35. The maximum absolute atomic E-state index is 11.7. The SMILES string of the molecule is C/C(=N/NC(=O)c1ccc(Br)o1)c1ccc(C(=O)O)s1. The predicted octanol–water partition coefficient (Wildman–Crippen LogP) is 2.96. The zero-order chi connectivity index (χ0) is 14.7. The van der Waals surface area contributed by atoms with E-state index in [1.54, 1.807) is 19.1 Å². The highest BCUT2D eigenvalue weighted by atomic mass is 79.9. The minimum absolute atomic E-state index is 0.130. The number of hydrogen-bond acceptors (Lipinski definition) is 5. The average Bonchev–Trinajstić information content (AvgIpc) is 3.04. The van der Waals surface area contributed by atoms with Crippen molar-refractivity contribution >= 4 is 44.9 Å². The molecule has 6 nitrogen and oxygen atoms in total. The molecule has 0 fully saturated rings. The summed E-state index contributed by atoms with van der Waals surface area (Å²) in [4.78, 5) is 23.3. The number of furan rings is 1. The number of hydrogen-bond donors (Lipinski definition) is 2. The van der Waals surface area contributed by atoms with Gasteiger partial charge >= 0.3 is 11.9 Å². The molecule has 2 N–H and O–H groups in total. The summed E-state index contributed by atoms with van der Waals surface area (Å²) in [7, 11) is 0. The number of carbonyl (C=O) groups excluding carboxylic acids is 1. The average molecular weight is 357 g/mol. The molecule has 0 saturated heterocycles. The monoisotopic (exact) mass is 356 g/mol. The molecule has 2 rings (SSSR count). The molecule has 0 bridgehead atoms. The van der Waals surface area contributed by atoms with Crippen molar-refractivity contribution in [1.29, 1.82) is 0 Å². The molecule has 2 heterocycles. The van der Waals surface area contributed by atoms with Crippen LogP contribution in [0.2, 0.25) is 0 Å². The summed E-state index contributed by atoms with van der Waals surface area (Å²) >= 11 is 4.19. The first kappa shape index (κ1) is 14.5. The number of amides is 1. The van der Waals surface area contributed by atoms with Crippen molar-refractivity contribution in [2.75, 3.05) is 0 Å². The molecule has 0 aliphatic heterocycles. The van der Waals surface area contributed by atoms with Gasteiger partial charge in [0, 0.05) is 0 Å². The van der Waals surface area contributed by atoms with Crippen LogP contribution in [0.3, 0.4) is 0 Å². The van der Waals surface area contributed by atoms with Gasteiger partial charge in [0.15, 0.2) is 10.4 Å². The number of thiophene rings is 1. The van der Waals surface area contributed by atoms with Crippen molar-refractivity contribution in [2.45, 2.75) is 6.92 Å². The van der Waals surface area contributed by atoms with Crippen LogP contribution in [0, 0.1) is 0 Å². The molecule has 8 heteroatoms. The lowest BCUT2D eigenvalue weighted by Crippen LogP contribution is -2.18. The maximum Gasteiger partial charge on any atom is 0.345 e. The molecule has 0 aromatic carbocycles. The van der Waals surface area contributed by atoms with Gasteiger partial charge in [0.05, 0.1) is 10.6 Å². The van der Waals surface area contributed by atoms with Crippen molar-refractivity contribution in [3.63, 3.8) is 0 Å². The molecule has 0 saturated carbocycles. The van der Waals surface area contributed by atoms with E-state index in [4.69, 9.17) is 9.52 Å². The molecule has 0 aliphatic rings. The van der Waals surface area contributed by atoms with Crippen LogP contribution in [0.1, 0.15) is 32.0 Å². The summed E-state index contributed by atoms with van der Waals surface area (Å²) in [6.07, 6.45) is 0. The number of nitrogens with one attached hydrogen (secondary N) is 1. The molecule has 0 aliphatic carbocycles. The van der Waals surface area contributed by atoms with Gasteiger partial charge in [0.1, 0.15) is 4.88 Å². The molecule has 2 aromatic heterocycles. The van der Waals surface area contributed by atoms with Crippen molar-refractivity contribution in [3.05, 3.63) is 44.4 Å². The van der Waals surface area contributed by atoms with Crippen molar-refractivity contribution in [1.82, 2.24) is 5.43 Å². The number of aromatic carboxylic acids is 1. The van der Waals surface area contributed by atoms with Crippen LogP contribution >= 0.6 is 27.3 Å². The fourth-order valence-corrected chi connectivity index (χ4v) is 2.42. The van der Waals surface area contributed by atoms with Crippen molar-refractivity contribution in [2.24, 2.45) is 5.10 Å². The van der Waals surface area contributed by atoms with E-state index in [1.807, 2.05) is 0 Å². The van der Waals surface area contributed by atoms with E-state index in [-0.39, 0.29) is 10.6 Å². The summed E-state index contributed by atoms with van der Waals surface area (Å²) in [5.74, 6) is -1.34. The normalized spacial score (nSPS) is 11.4. The Morgan fingerprint density at radius 1 is 1.30 bits per heavy atom. The summed E-state index contributed by atoms with van der Waals surface area (Å²) < 4.78 is 5.53. The second-order valence-electron chi connectivity index (χ2n) is 3.71. The van der Waals surface area contributed by atoms with Crippen molar-refractivity contribution in [3.8, 4) is 0 Å². The van der Waals surface area contributed by atoms with Crippen LogP contribution < -0.4 is 5.43 Å². The molecule has 0 radical (unpaired) electrons. The Morgan fingerprint density at radius 2 is 2.00 bits per heavy atom. The highest BCUT2D eigenvalue weighted by molar-refractivity contribution is 9.10. The number of carbonyl (C=O) groups is 2. The highest BCUT2D eigenvalue weighted by Gasteiger charge is 2.11. The van der Waals surface area contributed by atoms with Gasteiger partial charge in [-0.3, -0.25) is 4.79 Å². The van der Waals surface area contributed by atoms with E-state index >= 15 is 0 Å². The van der Waals surface area contributed by atoms with Gasteiger partial charge in [-0.1, -0.05) is 0 Å². The fraction of sp³-hybridized carbons (Fsp3) is 0.0833. The van der Waals surface area contributed by atoms with Gasteiger partial charge in [-0.05, 0) is 47.1 Å². The minimum atomic E-state index is -0.987. The molecular formula is C12H9BrN2O4S. The first-order valence-electron chi connectivity index (χ1n) is 5.41. The number of nitrogens with zero attached hydrogens (tertiary/aromatic N) is 1. The first-order valence-corrected chi connectivity index (χ1v) is 7.02. The number of rotatable bonds is 4. The van der Waals surface area contributed by atoms with Crippen molar-refractivity contribution < 1.29 is 19.1 Å². The molecule has 0 unspecified atom stereocenters. The van der Waals surface area contributed by atoms with Crippen LogP contribution in [-0.4, -0.2) is 22.7 Å². The Labute approximate surface area is 126 Å². The Morgan fingerprint density at radius 3 is 2.55 bits per heavy atom. The molecule has 0 spiro atoms. The van der Waals surface area contributed by atoms with Crippen LogP contribution in [-0.2, 0) is 0 Å². The Balaban J connectivity index is 2.06. The van der Waals surface area contributed by atoms with Crippen LogP contribution in [0.15, 0.2) is 38.5 Å². The lowest BCUT2D eigenvalue weighted by molar-refractivity contribution is 0.0702. The van der Waals surface area contributed by atoms with Gasteiger partial charge in [0.25, 0.3) is 0 Å². The summed E-state index contributed by atoms with van der Waals surface area (Å²) in [5.41, 5.74) is 2.86. The lowest BCUT2D eigenvalue weighted by Gasteiger charge is -1.98. The molecule has 1 amide bonds. The maximum atomic E-state index is 11.7. The molecule has 2 aromatic rings. The van der Waals surface area contributed by atoms with E-state index < -0.39 is 11.9 Å².